The van der Waals surface area contributed by atoms with Crippen molar-refractivity contribution < 1.29 is 0 Å². The molecule has 0 spiro atoms. The molecule has 0 saturated carbocycles. The minimum Gasteiger partial charge on any atom is -0.256 e. The molecule has 0 radical (unpaired) electrons. The molecule has 0 atom stereocenters. The van der Waals surface area contributed by atoms with E-state index in [1.54, 1.807) is 0 Å². The average molecular weight is 360 g/mol. The molecule has 0 fully saturated rings. The van der Waals surface area contributed by atoms with Gasteiger partial charge in [-0.1, -0.05) is 37.3 Å². The first-order chi connectivity index (χ1) is 13.2. The van der Waals surface area contributed by atoms with E-state index in [1.165, 1.54) is 0 Å². The Morgan fingerprint density at radius 2 is 1.93 bits per heavy atom. The van der Waals surface area contributed by atoms with Crippen molar-refractivity contribution in [1.82, 2.24) is 40.4 Å². The van der Waals surface area contributed by atoms with Crippen LogP contribution >= 0.6 is 0 Å². The maximum Gasteiger partial charge on any atom is 0.180 e. The second-order valence-electron chi connectivity index (χ2n) is 6.33. The summed E-state index contributed by atoms with van der Waals surface area (Å²) < 4.78 is 1.96. The van der Waals surface area contributed by atoms with Gasteiger partial charge in [-0.25, -0.2) is 14.8 Å². The number of nitrogens with zero attached hydrogens (tertiary/aromatic N) is 7. The number of aromatic nitrogens is 8. The van der Waals surface area contributed by atoms with Gasteiger partial charge < -0.3 is 0 Å². The Hall–Kier alpha value is -3.42. The number of hydrogen-bond acceptors (Lipinski definition) is 6. The molecule has 0 aliphatic heterocycles. The number of tetrazole rings is 1. The maximum atomic E-state index is 4.65. The summed E-state index contributed by atoms with van der Waals surface area (Å²) in [7, 11) is 0. The topological polar surface area (TPSA) is 98.1 Å². The van der Waals surface area contributed by atoms with Crippen LogP contribution in [0, 0.1) is 6.92 Å². The van der Waals surface area contributed by atoms with Crippen molar-refractivity contribution in [3.05, 3.63) is 59.8 Å². The normalized spacial score (nSPS) is 11.0. The highest BCUT2D eigenvalue weighted by Crippen LogP contribution is 2.28. The molecule has 4 rings (SSSR count). The van der Waals surface area contributed by atoms with Gasteiger partial charge in [-0.3, -0.25) is 4.98 Å². The van der Waals surface area contributed by atoms with Gasteiger partial charge in [0.25, 0.3) is 0 Å². The van der Waals surface area contributed by atoms with Gasteiger partial charge in [0.15, 0.2) is 5.82 Å². The Kier molecular flexibility index (Phi) is 4.69. The molecule has 0 aliphatic carbocycles. The highest BCUT2D eigenvalue weighted by atomic mass is 15.5. The number of H-pyrrole nitrogens is 1. The minimum absolute atomic E-state index is 0.624. The van der Waals surface area contributed by atoms with E-state index in [2.05, 4.69) is 48.7 Å². The van der Waals surface area contributed by atoms with Gasteiger partial charge in [0, 0.05) is 23.7 Å². The van der Waals surface area contributed by atoms with Crippen LogP contribution in [0.5, 0.6) is 0 Å². The summed E-state index contributed by atoms with van der Waals surface area (Å²) in [6.45, 7) is 4.73. The number of nitrogens with one attached hydrogen (secondary N) is 1. The average Bonchev–Trinajstić information content (AvgIpc) is 3.33. The summed E-state index contributed by atoms with van der Waals surface area (Å²) >= 11 is 0. The SMILES string of the molecule is CCCc1nc(C)nn1Cc1ccc(-c2ccccc2-c2nnn[nH]2)nc1. The Morgan fingerprint density at radius 3 is 2.63 bits per heavy atom. The molecular formula is C19H20N8. The van der Waals surface area contributed by atoms with Crippen LogP contribution in [0.15, 0.2) is 42.6 Å². The zero-order chi connectivity index (χ0) is 18.6. The van der Waals surface area contributed by atoms with Gasteiger partial charge in [-0.2, -0.15) is 5.10 Å². The Morgan fingerprint density at radius 1 is 1.07 bits per heavy atom. The molecular weight excluding hydrogens is 340 g/mol. The number of pyridine rings is 1. The van der Waals surface area contributed by atoms with Crippen molar-refractivity contribution in [2.75, 3.05) is 0 Å². The molecule has 3 heterocycles. The third-order valence-electron chi connectivity index (χ3n) is 4.29. The zero-order valence-corrected chi connectivity index (χ0v) is 15.3. The summed E-state index contributed by atoms with van der Waals surface area (Å²) in [4.78, 5) is 9.17. The second kappa shape index (κ2) is 7.45. The molecule has 8 heteroatoms. The van der Waals surface area contributed by atoms with Crippen LogP contribution in [0.25, 0.3) is 22.6 Å². The molecule has 136 valence electrons. The summed E-state index contributed by atoms with van der Waals surface area (Å²) in [6, 6.07) is 12.0. The van der Waals surface area contributed by atoms with E-state index >= 15 is 0 Å². The minimum atomic E-state index is 0.624. The molecule has 4 aromatic rings. The predicted octanol–water partition coefficient (Wildman–Crippen LogP) is 2.83. The maximum absolute atomic E-state index is 4.65. The van der Waals surface area contributed by atoms with E-state index < -0.39 is 0 Å². The lowest BCUT2D eigenvalue weighted by atomic mass is 10.0. The van der Waals surface area contributed by atoms with Crippen molar-refractivity contribution in [1.29, 1.82) is 0 Å². The van der Waals surface area contributed by atoms with E-state index in [9.17, 15) is 0 Å². The quantitative estimate of drug-likeness (QED) is 0.568. The van der Waals surface area contributed by atoms with E-state index in [1.807, 2.05) is 48.1 Å². The third-order valence-corrected chi connectivity index (χ3v) is 4.29. The summed E-state index contributed by atoms with van der Waals surface area (Å²) in [5.74, 6) is 2.44. The molecule has 3 aromatic heterocycles. The molecule has 0 bridgehead atoms. The van der Waals surface area contributed by atoms with Crippen molar-refractivity contribution in [3.8, 4) is 22.6 Å². The standard InChI is InChI=1S/C19H20N8/c1-3-6-18-21-13(2)24-27(18)12-14-9-10-17(20-11-14)15-7-4-5-8-16(15)19-22-25-26-23-19/h4-5,7-11H,3,6,12H2,1-2H3,(H,22,23,25,26). The van der Waals surface area contributed by atoms with Crippen LogP contribution in [0.1, 0.15) is 30.6 Å². The zero-order valence-electron chi connectivity index (χ0n) is 15.3. The third kappa shape index (κ3) is 3.59. The summed E-state index contributed by atoms with van der Waals surface area (Å²) in [5.41, 5.74) is 3.85. The molecule has 1 aromatic carbocycles. The van der Waals surface area contributed by atoms with Gasteiger partial charge in [0.2, 0.25) is 0 Å². The summed E-state index contributed by atoms with van der Waals surface area (Å²) in [5, 5.41) is 18.7. The monoisotopic (exact) mass is 360 g/mol. The van der Waals surface area contributed by atoms with Crippen molar-refractivity contribution >= 4 is 0 Å². The Balaban J connectivity index is 1.61. The Labute approximate surface area is 156 Å². The molecule has 0 amide bonds. The number of aromatic amines is 1. The first-order valence-corrected chi connectivity index (χ1v) is 8.93. The van der Waals surface area contributed by atoms with Crippen LogP contribution in [-0.2, 0) is 13.0 Å². The molecule has 0 unspecified atom stereocenters. The smallest absolute Gasteiger partial charge is 0.180 e. The van der Waals surface area contributed by atoms with E-state index in [-0.39, 0.29) is 0 Å². The van der Waals surface area contributed by atoms with Gasteiger partial charge >= 0.3 is 0 Å². The fraction of sp³-hybridized carbons (Fsp3) is 0.263. The largest absolute Gasteiger partial charge is 0.256 e. The highest BCUT2D eigenvalue weighted by Gasteiger charge is 2.12. The second-order valence-corrected chi connectivity index (χ2v) is 6.33. The number of rotatable bonds is 6. The molecule has 8 nitrogen and oxygen atoms in total. The fourth-order valence-electron chi connectivity index (χ4n) is 3.07. The number of aryl methyl sites for hydroxylation is 2. The van der Waals surface area contributed by atoms with Crippen LogP contribution in [0.3, 0.4) is 0 Å². The lowest BCUT2D eigenvalue weighted by Crippen LogP contribution is -2.07. The van der Waals surface area contributed by atoms with Crippen LogP contribution in [-0.4, -0.2) is 40.4 Å². The van der Waals surface area contributed by atoms with E-state index in [0.717, 1.165) is 46.9 Å². The number of benzene rings is 1. The van der Waals surface area contributed by atoms with Crippen LogP contribution < -0.4 is 0 Å². The lowest BCUT2D eigenvalue weighted by molar-refractivity contribution is 0.626. The van der Waals surface area contributed by atoms with Gasteiger partial charge in [-0.15, -0.1) is 5.10 Å². The van der Waals surface area contributed by atoms with E-state index in [0.29, 0.717) is 12.4 Å². The van der Waals surface area contributed by atoms with Gasteiger partial charge in [-0.05, 0) is 35.4 Å². The van der Waals surface area contributed by atoms with Crippen LogP contribution in [0.4, 0.5) is 0 Å². The predicted molar refractivity (Wildman–Crippen MR) is 101 cm³/mol. The lowest BCUT2D eigenvalue weighted by Gasteiger charge is -2.08. The van der Waals surface area contributed by atoms with Gasteiger partial charge in [0.1, 0.15) is 11.6 Å². The first kappa shape index (κ1) is 17.0. The Bertz CT molecular complexity index is 1020. The molecule has 0 aliphatic rings. The number of hydrogen-bond donors (Lipinski definition) is 1. The molecule has 0 saturated heterocycles. The summed E-state index contributed by atoms with van der Waals surface area (Å²) in [6.07, 6.45) is 3.85. The first-order valence-electron chi connectivity index (χ1n) is 8.93. The van der Waals surface area contributed by atoms with Gasteiger partial charge in [0.05, 0.1) is 12.2 Å². The van der Waals surface area contributed by atoms with Crippen molar-refractivity contribution in [2.24, 2.45) is 0 Å². The van der Waals surface area contributed by atoms with Crippen LogP contribution in [0.2, 0.25) is 0 Å². The highest BCUT2D eigenvalue weighted by molar-refractivity contribution is 5.78. The van der Waals surface area contributed by atoms with E-state index in [4.69, 9.17) is 0 Å². The van der Waals surface area contributed by atoms with Crippen molar-refractivity contribution in [2.45, 2.75) is 33.2 Å². The molecule has 1 N–H and O–H groups in total. The van der Waals surface area contributed by atoms with Crippen molar-refractivity contribution in [3.63, 3.8) is 0 Å². The molecule has 27 heavy (non-hydrogen) atoms. The fourth-order valence-corrected chi connectivity index (χ4v) is 3.07.